The summed E-state index contributed by atoms with van der Waals surface area (Å²) in [5.74, 6) is 1.50. The number of rotatable bonds is 23. The molecule has 2 unspecified atom stereocenters. The quantitative estimate of drug-likeness (QED) is 0.163. The number of nitrogens with zero attached hydrogens (tertiary/aromatic N) is 2. The minimum atomic E-state index is 0.673. The molecule has 2 atom stereocenters. The highest BCUT2D eigenvalue weighted by Gasteiger charge is 2.09. The Bertz CT molecular complexity index is 563. The summed E-state index contributed by atoms with van der Waals surface area (Å²) < 4.78 is 5.92. The molecule has 0 spiro atoms. The molecule has 0 aliphatic carbocycles. The summed E-state index contributed by atoms with van der Waals surface area (Å²) in [5, 5.41) is 3.81. The third kappa shape index (κ3) is 16.5. The first-order chi connectivity index (χ1) is 16.6. The van der Waals surface area contributed by atoms with E-state index in [0.29, 0.717) is 6.04 Å². The SMILES string of the molecule is CCCCCCCC(CCCCC)NCCCOc1ccc(CN(C)CC(C)CCCC)cn1. The van der Waals surface area contributed by atoms with Crippen molar-refractivity contribution in [3.8, 4) is 5.88 Å². The molecule has 0 saturated carbocycles. The van der Waals surface area contributed by atoms with E-state index in [9.17, 15) is 0 Å². The van der Waals surface area contributed by atoms with Gasteiger partial charge in [0.25, 0.3) is 0 Å². The van der Waals surface area contributed by atoms with Crippen LogP contribution < -0.4 is 10.1 Å². The lowest BCUT2D eigenvalue weighted by Gasteiger charge is -2.21. The molecule has 1 aromatic rings. The second-order valence-electron chi connectivity index (χ2n) is 10.5. The first kappa shape index (κ1) is 30.9. The molecule has 198 valence electrons. The molecule has 1 N–H and O–H groups in total. The van der Waals surface area contributed by atoms with Crippen LogP contribution in [-0.4, -0.2) is 42.7 Å². The molecular formula is C30H57N3O. The molecule has 0 fully saturated rings. The zero-order chi connectivity index (χ0) is 24.9. The molecule has 34 heavy (non-hydrogen) atoms. The van der Waals surface area contributed by atoms with E-state index in [0.717, 1.165) is 44.5 Å². The maximum atomic E-state index is 5.92. The van der Waals surface area contributed by atoms with Gasteiger partial charge in [0, 0.05) is 31.4 Å². The molecule has 1 rings (SSSR count). The average molecular weight is 476 g/mol. The first-order valence-corrected chi connectivity index (χ1v) is 14.6. The van der Waals surface area contributed by atoms with Gasteiger partial charge in [0.15, 0.2) is 0 Å². The van der Waals surface area contributed by atoms with Crippen molar-refractivity contribution in [3.63, 3.8) is 0 Å². The van der Waals surface area contributed by atoms with Crippen LogP contribution in [0.15, 0.2) is 18.3 Å². The maximum absolute atomic E-state index is 5.92. The van der Waals surface area contributed by atoms with Crippen LogP contribution >= 0.6 is 0 Å². The van der Waals surface area contributed by atoms with Gasteiger partial charge in [-0.25, -0.2) is 4.98 Å². The Labute approximate surface area is 212 Å². The van der Waals surface area contributed by atoms with Gasteiger partial charge >= 0.3 is 0 Å². The number of unbranched alkanes of at least 4 members (excludes halogenated alkanes) is 7. The Hall–Kier alpha value is -1.13. The van der Waals surface area contributed by atoms with Crippen molar-refractivity contribution in [2.45, 2.75) is 130 Å². The summed E-state index contributed by atoms with van der Waals surface area (Å²) in [6.45, 7) is 13.1. The topological polar surface area (TPSA) is 37.4 Å². The number of aromatic nitrogens is 1. The second kappa shape index (κ2) is 21.2. The van der Waals surface area contributed by atoms with Crippen molar-refractivity contribution >= 4 is 0 Å². The average Bonchev–Trinajstić information content (AvgIpc) is 2.83. The van der Waals surface area contributed by atoms with Crippen LogP contribution in [0.25, 0.3) is 0 Å². The van der Waals surface area contributed by atoms with Gasteiger partial charge in [0.05, 0.1) is 6.61 Å². The molecule has 0 radical (unpaired) electrons. The Morgan fingerprint density at radius 2 is 1.53 bits per heavy atom. The number of ether oxygens (including phenoxy) is 1. The molecule has 0 saturated heterocycles. The molecule has 0 aliphatic heterocycles. The van der Waals surface area contributed by atoms with Crippen LogP contribution in [0.1, 0.15) is 123 Å². The summed E-state index contributed by atoms with van der Waals surface area (Å²) >= 11 is 0. The predicted molar refractivity (Wildman–Crippen MR) is 149 cm³/mol. The van der Waals surface area contributed by atoms with E-state index in [1.54, 1.807) is 0 Å². The van der Waals surface area contributed by atoms with Gasteiger partial charge in [-0.15, -0.1) is 0 Å². The maximum Gasteiger partial charge on any atom is 0.213 e. The van der Waals surface area contributed by atoms with E-state index in [1.165, 1.54) is 89.0 Å². The highest BCUT2D eigenvalue weighted by Crippen LogP contribution is 2.14. The minimum absolute atomic E-state index is 0.673. The molecule has 0 aromatic carbocycles. The largest absolute Gasteiger partial charge is 0.478 e. The number of hydrogen-bond donors (Lipinski definition) is 1. The van der Waals surface area contributed by atoms with Gasteiger partial charge < -0.3 is 15.0 Å². The first-order valence-electron chi connectivity index (χ1n) is 14.6. The molecular weight excluding hydrogens is 418 g/mol. The summed E-state index contributed by atoms with van der Waals surface area (Å²) in [7, 11) is 2.21. The lowest BCUT2D eigenvalue weighted by atomic mass is 10.0. The summed E-state index contributed by atoms with van der Waals surface area (Å²) in [6, 6.07) is 4.86. The van der Waals surface area contributed by atoms with Crippen molar-refractivity contribution in [1.29, 1.82) is 0 Å². The zero-order valence-corrected chi connectivity index (χ0v) is 23.4. The van der Waals surface area contributed by atoms with E-state index in [2.05, 4.69) is 56.0 Å². The van der Waals surface area contributed by atoms with Crippen LogP contribution in [0, 0.1) is 5.92 Å². The van der Waals surface area contributed by atoms with Gasteiger partial charge in [0.2, 0.25) is 5.88 Å². The fourth-order valence-corrected chi connectivity index (χ4v) is 4.68. The normalized spacial score (nSPS) is 13.4. The van der Waals surface area contributed by atoms with Crippen LogP contribution in [0.3, 0.4) is 0 Å². The lowest BCUT2D eigenvalue weighted by Crippen LogP contribution is -2.30. The van der Waals surface area contributed by atoms with Crippen molar-refractivity contribution in [2.24, 2.45) is 5.92 Å². The number of hydrogen-bond acceptors (Lipinski definition) is 4. The van der Waals surface area contributed by atoms with Gasteiger partial charge in [-0.3, -0.25) is 0 Å². The van der Waals surface area contributed by atoms with E-state index < -0.39 is 0 Å². The van der Waals surface area contributed by atoms with Crippen LogP contribution in [0.4, 0.5) is 0 Å². The molecule has 4 heteroatoms. The molecule has 0 amide bonds. The summed E-state index contributed by atoms with van der Waals surface area (Å²) in [4.78, 5) is 6.95. The zero-order valence-electron chi connectivity index (χ0n) is 23.4. The Kier molecular flexibility index (Phi) is 19.2. The van der Waals surface area contributed by atoms with Crippen LogP contribution in [-0.2, 0) is 6.54 Å². The molecule has 1 heterocycles. The standard InChI is InChI=1S/C30H57N3O/c1-6-9-12-13-15-19-29(18-14-10-7-2)31-22-16-23-34-30-21-20-28(24-32-30)26-33(5)25-27(4)17-11-8-3/h20-21,24,27,29,31H,6-19,22-23,25-26H2,1-5H3. The monoisotopic (exact) mass is 475 g/mol. The van der Waals surface area contributed by atoms with Gasteiger partial charge in [-0.2, -0.15) is 0 Å². The van der Waals surface area contributed by atoms with Gasteiger partial charge in [-0.1, -0.05) is 98.0 Å². The van der Waals surface area contributed by atoms with E-state index in [4.69, 9.17) is 4.74 Å². The third-order valence-corrected chi connectivity index (χ3v) is 6.74. The smallest absolute Gasteiger partial charge is 0.213 e. The predicted octanol–water partition coefficient (Wildman–Crippen LogP) is 8.01. The van der Waals surface area contributed by atoms with Crippen molar-refractivity contribution in [1.82, 2.24) is 15.2 Å². The third-order valence-electron chi connectivity index (χ3n) is 6.74. The van der Waals surface area contributed by atoms with Crippen molar-refractivity contribution in [2.75, 3.05) is 26.7 Å². The fourth-order valence-electron chi connectivity index (χ4n) is 4.68. The second-order valence-corrected chi connectivity index (χ2v) is 10.5. The Morgan fingerprint density at radius 3 is 2.21 bits per heavy atom. The molecule has 0 aliphatic rings. The molecule has 0 bridgehead atoms. The van der Waals surface area contributed by atoms with E-state index >= 15 is 0 Å². The van der Waals surface area contributed by atoms with Crippen molar-refractivity contribution in [3.05, 3.63) is 23.9 Å². The molecule has 1 aromatic heterocycles. The Balaban J connectivity index is 2.25. The number of pyridine rings is 1. The minimum Gasteiger partial charge on any atom is -0.478 e. The lowest BCUT2D eigenvalue weighted by molar-refractivity contribution is 0.267. The van der Waals surface area contributed by atoms with Gasteiger partial charge in [0.1, 0.15) is 0 Å². The number of nitrogens with one attached hydrogen (secondary N) is 1. The summed E-state index contributed by atoms with van der Waals surface area (Å²) in [5.41, 5.74) is 1.26. The highest BCUT2D eigenvalue weighted by atomic mass is 16.5. The fraction of sp³-hybridized carbons (Fsp3) is 0.833. The van der Waals surface area contributed by atoms with Gasteiger partial charge in [-0.05, 0) is 50.8 Å². The van der Waals surface area contributed by atoms with Crippen LogP contribution in [0.5, 0.6) is 5.88 Å². The Morgan fingerprint density at radius 1 is 0.853 bits per heavy atom. The molecule has 4 nitrogen and oxygen atoms in total. The summed E-state index contributed by atoms with van der Waals surface area (Å²) in [6.07, 6.45) is 20.4. The van der Waals surface area contributed by atoms with Crippen LogP contribution in [0.2, 0.25) is 0 Å². The van der Waals surface area contributed by atoms with Crippen molar-refractivity contribution < 1.29 is 4.74 Å². The van der Waals surface area contributed by atoms with E-state index in [1.807, 2.05) is 12.3 Å². The highest BCUT2D eigenvalue weighted by molar-refractivity contribution is 5.17. The van der Waals surface area contributed by atoms with E-state index in [-0.39, 0.29) is 0 Å².